The molecule has 0 bridgehead atoms. The van der Waals surface area contributed by atoms with E-state index in [1.54, 1.807) is 0 Å². The van der Waals surface area contributed by atoms with Gasteiger partial charge in [0.25, 0.3) is 0 Å². The molecule has 4 nitrogen and oxygen atoms in total. The minimum atomic E-state index is -1.06. The van der Waals surface area contributed by atoms with Crippen LogP contribution in [0.3, 0.4) is 0 Å². The lowest BCUT2D eigenvalue weighted by Gasteiger charge is -2.39. The van der Waals surface area contributed by atoms with Crippen LogP contribution in [-0.4, -0.2) is 27.5 Å². The van der Waals surface area contributed by atoms with E-state index in [2.05, 4.69) is 0 Å². The van der Waals surface area contributed by atoms with Crippen LogP contribution in [0.1, 0.15) is 39.0 Å². The Morgan fingerprint density at radius 3 is 2.56 bits per heavy atom. The molecule has 0 heterocycles. The van der Waals surface area contributed by atoms with E-state index in [9.17, 15) is 14.7 Å². The van der Waals surface area contributed by atoms with Crippen LogP contribution in [-0.2, 0) is 9.59 Å². The highest BCUT2D eigenvalue weighted by Gasteiger charge is 2.49. The van der Waals surface area contributed by atoms with Gasteiger partial charge in [-0.25, -0.2) is 0 Å². The van der Waals surface area contributed by atoms with E-state index in [4.69, 9.17) is 16.7 Å². The highest BCUT2D eigenvalue weighted by Crippen LogP contribution is 2.45. The van der Waals surface area contributed by atoms with Crippen LogP contribution >= 0.6 is 11.6 Å². The third-order valence-electron chi connectivity index (χ3n) is 3.52. The molecule has 0 aromatic heterocycles. The number of hydrogen-bond donors (Lipinski definition) is 2. The van der Waals surface area contributed by atoms with Gasteiger partial charge in [0.2, 0.25) is 0 Å². The summed E-state index contributed by atoms with van der Waals surface area (Å²) in [7, 11) is 0. The molecule has 0 aromatic carbocycles. The van der Waals surface area contributed by atoms with E-state index in [0.717, 1.165) is 0 Å². The van der Waals surface area contributed by atoms with Crippen LogP contribution in [0.25, 0.3) is 0 Å². The summed E-state index contributed by atoms with van der Waals surface area (Å²) in [5.74, 6) is -2.44. The van der Waals surface area contributed by atoms with Crippen LogP contribution < -0.4 is 0 Å². The molecule has 1 aliphatic carbocycles. The highest BCUT2D eigenvalue weighted by atomic mass is 35.5. The van der Waals surface area contributed by atoms with Gasteiger partial charge in [-0.1, -0.05) is 13.3 Å². The molecule has 0 amide bonds. The van der Waals surface area contributed by atoms with E-state index < -0.39 is 28.6 Å². The molecule has 1 fully saturated rings. The maximum atomic E-state index is 11.4. The first-order valence-electron chi connectivity index (χ1n) is 5.54. The monoisotopic (exact) mass is 248 g/mol. The molecular formula is C11H17ClO4. The van der Waals surface area contributed by atoms with Crippen LogP contribution in [0.5, 0.6) is 0 Å². The van der Waals surface area contributed by atoms with E-state index in [1.807, 2.05) is 6.92 Å². The maximum Gasteiger partial charge on any atom is 0.311 e. The predicted molar refractivity (Wildman–Crippen MR) is 59.6 cm³/mol. The van der Waals surface area contributed by atoms with Crippen LogP contribution in [0.2, 0.25) is 0 Å². The lowest BCUT2D eigenvalue weighted by Crippen LogP contribution is -2.44. The van der Waals surface area contributed by atoms with Crippen molar-refractivity contribution in [2.45, 2.75) is 44.4 Å². The SMILES string of the molecule is CCC(Cl)C1(C(=O)O)CCCC(C(=O)O)C1. The second-order valence-electron chi connectivity index (χ2n) is 4.47. The summed E-state index contributed by atoms with van der Waals surface area (Å²) in [5.41, 5.74) is -1.06. The average molecular weight is 249 g/mol. The molecule has 1 rings (SSSR count). The summed E-state index contributed by atoms with van der Waals surface area (Å²) in [5, 5.41) is 17.8. The Balaban J connectivity index is 2.93. The molecule has 16 heavy (non-hydrogen) atoms. The van der Waals surface area contributed by atoms with Gasteiger partial charge in [-0.3, -0.25) is 9.59 Å². The second kappa shape index (κ2) is 5.04. The number of carbonyl (C=O) groups is 2. The molecule has 0 spiro atoms. The number of carboxylic acids is 2. The largest absolute Gasteiger partial charge is 0.481 e. The van der Waals surface area contributed by atoms with Crippen LogP contribution in [0.15, 0.2) is 0 Å². The van der Waals surface area contributed by atoms with Gasteiger partial charge in [0.15, 0.2) is 0 Å². The molecule has 3 unspecified atom stereocenters. The van der Waals surface area contributed by atoms with Gasteiger partial charge in [0.1, 0.15) is 0 Å². The van der Waals surface area contributed by atoms with E-state index in [1.165, 1.54) is 0 Å². The minimum Gasteiger partial charge on any atom is -0.481 e. The molecular weight excluding hydrogens is 232 g/mol. The average Bonchev–Trinajstić information content (AvgIpc) is 2.27. The Hall–Kier alpha value is -0.770. The Bertz CT molecular complexity index is 292. The van der Waals surface area contributed by atoms with E-state index >= 15 is 0 Å². The molecule has 3 atom stereocenters. The summed E-state index contributed by atoms with van der Waals surface area (Å²) >= 11 is 6.09. The van der Waals surface area contributed by atoms with Crippen molar-refractivity contribution >= 4 is 23.5 Å². The maximum absolute atomic E-state index is 11.4. The number of carboxylic acid groups (broad SMARTS) is 2. The standard InChI is InChI=1S/C11H17ClO4/c1-2-8(12)11(10(15)16)5-3-4-7(6-11)9(13)14/h7-8H,2-6H2,1H3,(H,13,14)(H,15,16). The third kappa shape index (κ3) is 2.32. The van der Waals surface area contributed by atoms with E-state index in [0.29, 0.717) is 25.7 Å². The minimum absolute atomic E-state index is 0.152. The van der Waals surface area contributed by atoms with Crippen molar-refractivity contribution in [2.24, 2.45) is 11.3 Å². The lowest BCUT2D eigenvalue weighted by atomic mass is 9.67. The first-order valence-corrected chi connectivity index (χ1v) is 5.98. The van der Waals surface area contributed by atoms with Gasteiger partial charge in [0.05, 0.1) is 11.3 Å². The highest BCUT2D eigenvalue weighted by molar-refractivity contribution is 6.22. The third-order valence-corrected chi connectivity index (χ3v) is 4.25. The predicted octanol–water partition coefficient (Wildman–Crippen LogP) is 2.35. The first kappa shape index (κ1) is 13.3. The van der Waals surface area contributed by atoms with Crippen molar-refractivity contribution in [3.8, 4) is 0 Å². The summed E-state index contributed by atoms with van der Waals surface area (Å²) < 4.78 is 0. The zero-order valence-corrected chi connectivity index (χ0v) is 10.0. The topological polar surface area (TPSA) is 74.6 Å². The molecule has 0 radical (unpaired) electrons. The van der Waals surface area contributed by atoms with Gasteiger partial charge in [-0.2, -0.15) is 0 Å². The zero-order chi connectivity index (χ0) is 12.3. The van der Waals surface area contributed by atoms with Crippen molar-refractivity contribution in [2.75, 3.05) is 0 Å². The second-order valence-corrected chi connectivity index (χ2v) is 5.00. The number of hydrogen-bond acceptors (Lipinski definition) is 2. The number of aliphatic carboxylic acids is 2. The fourth-order valence-corrected chi connectivity index (χ4v) is 2.81. The molecule has 0 saturated heterocycles. The molecule has 0 aromatic rings. The van der Waals surface area contributed by atoms with Gasteiger partial charge >= 0.3 is 11.9 Å². The van der Waals surface area contributed by atoms with Crippen molar-refractivity contribution in [1.82, 2.24) is 0 Å². The lowest BCUT2D eigenvalue weighted by molar-refractivity contribution is -0.156. The quantitative estimate of drug-likeness (QED) is 0.749. The van der Waals surface area contributed by atoms with Crippen molar-refractivity contribution in [3.63, 3.8) is 0 Å². The Kier molecular flexibility index (Phi) is 4.19. The van der Waals surface area contributed by atoms with Gasteiger partial charge in [-0.05, 0) is 25.7 Å². The molecule has 1 saturated carbocycles. The number of halogens is 1. The molecule has 0 aliphatic heterocycles. The normalized spacial score (nSPS) is 32.0. The summed E-state index contributed by atoms with van der Waals surface area (Å²) in [6.07, 6.45) is 2.35. The molecule has 5 heteroatoms. The first-order chi connectivity index (χ1) is 7.44. The summed E-state index contributed by atoms with van der Waals surface area (Å²) in [6.45, 7) is 1.83. The van der Waals surface area contributed by atoms with Crippen molar-refractivity contribution < 1.29 is 19.8 Å². The zero-order valence-electron chi connectivity index (χ0n) is 9.28. The fraction of sp³-hybridized carbons (Fsp3) is 0.818. The summed E-state index contributed by atoms with van der Waals surface area (Å²) in [6, 6.07) is 0. The summed E-state index contributed by atoms with van der Waals surface area (Å²) in [4.78, 5) is 22.3. The van der Waals surface area contributed by atoms with Gasteiger partial charge < -0.3 is 10.2 Å². The Morgan fingerprint density at radius 1 is 1.50 bits per heavy atom. The van der Waals surface area contributed by atoms with Gasteiger partial charge in [-0.15, -0.1) is 11.6 Å². The van der Waals surface area contributed by atoms with Crippen LogP contribution in [0, 0.1) is 11.3 Å². The van der Waals surface area contributed by atoms with E-state index in [-0.39, 0.29) is 6.42 Å². The molecule has 2 N–H and O–H groups in total. The van der Waals surface area contributed by atoms with Crippen molar-refractivity contribution in [3.05, 3.63) is 0 Å². The number of rotatable bonds is 4. The molecule has 92 valence electrons. The number of alkyl halides is 1. The Morgan fingerprint density at radius 2 is 2.12 bits per heavy atom. The van der Waals surface area contributed by atoms with Gasteiger partial charge in [0, 0.05) is 5.38 Å². The molecule has 1 aliphatic rings. The Labute approximate surface area is 99.6 Å². The van der Waals surface area contributed by atoms with Crippen molar-refractivity contribution in [1.29, 1.82) is 0 Å². The smallest absolute Gasteiger partial charge is 0.311 e. The van der Waals surface area contributed by atoms with Crippen LogP contribution in [0.4, 0.5) is 0 Å². The fourth-order valence-electron chi connectivity index (χ4n) is 2.52.